The fraction of sp³-hybridized carbons (Fsp3) is 0.524. The minimum absolute atomic E-state index is 0.361. The highest BCUT2D eigenvalue weighted by Crippen LogP contribution is 2.55. The Morgan fingerprint density at radius 1 is 0.960 bits per heavy atom. The summed E-state index contributed by atoms with van der Waals surface area (Å²) in [6, 6.07) is 9.59. The Kier molecular flexibility index (Phi) is 3.92. The van der Waals surface area contributed by atoms with Crippen LogP contribution in [0, 0.1) is 17.8 Å². The van der Waals surface area contributed by atoms with Crippen molar-refractivity contribution in [1.82, 2.24) is 5.32 Å². The zero-order valence-corrected chi connectivity index (χ0v) is 15.7. The van der Waals surface area contributed by atoms with Gasteiger partial charge < -0.3 is 9.73 Å². The molecule has 0 radical (unpaired) electrons. The monoisotopic (exact) mass is 375 g/mol. The van der Waals surface area contributed by atoms with Crippen molar-refractivity contribution in [2.75, 3.05) is 0 Å². The molecule has 4 heteroatoms. The van der Waals surface area contributed by atoms with E-state index in [1.54, 1.807) is 6.07 Å². The van der Waals surface area contributed by atoms with Gasteiger partial charge in [0.2, 0.25) is 0 Å². The van der Waals surface area contributed by atoms with E-state index in [1.165, 1.54) is 38.5 Å². The Morgan fingerprint density at radius 3 is 2.28 bits per heavy atom. The number of benzene rings is 1. The van der Waals surface area contributed by atoms with Gasteiger partial charge in [0.1, 0.15) is 11.5 Å². The van der Waals surface area contributed by atoms with Crippen LogP contribution in [-0.2, 0) is 6.54 Å². The second kappa shape index (κ2) is 6.04. The van der Waals surface area contributed by atoms with Crippen molar-refractivity contribution >= 4 is 23.2 Å². The van der Waals surface area contributed by atoms with Gasteiger partial charge in [-0.05, 0) is 86.6 Å². The summed E-state index contributed by atoms with van der Waals surface area (Å²) in [4.78, 5) is 0. The van der Waals surface area contributed by atoms with Gasteiger partial charge in [0.05, 0.1) is 11.6 Å². The van der Waals surface area contributed by atoms with E-state index >= 15 is 0 Å². The number of nitrogens with one attached hydrogen (secondary N) is 1. The van der Waals surface area contributed by atoms with Crippen molar-refractivity contribution in [3.05, 3.63) is 46.1 Å². The minimum Gasteiger partial charge on any atom is -0.460 e. The Hall–Kier alpha value is -0.960. The van der Waals surface area contributed by atoms with Gasteiger partial charge in [-0.25, -0.2) is 0 Å². The molecule has 0 spiro atoms. The Balaban J connectivity index is 1.30. The lowest BCUT2D eigenvalue weighted by molar-refractivity contribution is -0.0213. The molecule has 1 heterocycles. The van der Waals surface area contributed by atoms with Crippen molar-refractivity contribution in [1.29, 1.82) is 0 Å². The zero-order valence-electron chi connectivity index (χ0n) is 14.2. The second-order valence-corrected chi connectivity index (χ2v) is 9.29. The third kappa shape index (κ3) is 3.03. The first-order chi connectivity index (χ1) is 12.1. The van der Waals surface area contributed by atoms with Gasteiger partial charge in [-0.1, -0.05) is 23.2 Å². The van der Waals surface area contributed by atoms with Crippen molar-refractivity contribution in [3.8, 4) is 11.3 Å². The molecule has 2 aromatic rings. The molecule has 4 bridgehead atoms. The highest BCUT2D eigenvalue weighted by Gasteiger charge is 2.50. The van der Waals surface area contributed by atoms with Crippen LogP contribution in [0.25, 0.3) is 11.3 Å². The van der Waals surface area contributed by atoms with Gasteiger partial charge in [0.15, 0.2) is 0 Å². The second-order valence-electron chi connectivity index (χ2n) is 8.44. The number of rotatable bonds is 4. The van der Waals surface area contributed by atoms with Gasteiger partial charge in [-0.3, -0.25) is 0 Å². The molecule has 4 saturated carbocycles. The maximum Gasteiger partial charge on any atom is 0.135 e. The van der Waals surface area contributed by atoms with Crippen LogP contribution >= 0.6 is 23.2 Å². The Bertz CT molecular complexity index is 762. The fourth-order valence-corrected chi connectivity index (χ4v) is 6.41. The summed E-state index contributed by atoms with van der Waals surface area (Å²) in [6.07, 6.45) is 8.49. The van der Waals surface area contributed by atoms with E-state index in [1.807, 2.05) is 18.2 Å². The van der Waals surface area contributed by atoms with Crippen LogP contribution in [0.2, 0.25) is 10.0 Å². The molecular weight excluding hydrogens is 353 g/mol. The molecule has 0 atom stereocenters. The van der Waals surface area contributed by atoms with Crippen molar-refractivity contribution in [2.24, 2.45) is 17.8 Å². The van der Waals surface area contributed by atoms with Crippen LogP contribution in [0.3, 0.4) is 0 Å². The predicted octanol–water partition coefficient (Wildman–Crippen LogP) is 6.31. The SMILES string of the molecule is Clc1ccc(-c2ccc(CNC34CC5CC(CC(C5)C3)C4)o2)c(Cl)c1. The molecule has 1 aromatic carbocycles. The summed E-state index contributed by atoms with van der Waals surface area (Å²) in [5.41, 5.74) is 1.26. The van der Waals surface area contributed by atoms with Gasteiger partial charge in [-0.15, -0.1) is 0 Å². The maximum absolute atomic E-state index is 6.30. The first-order valence-electron chi connectivity index (χ1n) is 9.38. The molecule has 25 heavy (non-hydrogen) atoms. The Morgan fingerprint density at radius 2 is 1.64 bits per heavy atom. The molecule has 4 aliphatic rings. The summed E-state index contributed by atoms with van der Waals surface area (Å²) in [7, 11) is 0. The normalized spacial score (nSPS) is 33.1. The number of hydrogen-bond donors (Lipinski definition) is 1. The molecule has 132 valence electrons. The smallest absolute Gasteiger partial charge is 0.135 e. The fourth-order valence-electron chi connectivity index (χ4n) is 5.91. The molecule has 1 aromatic heterocycles. The summed E-state index contributed by atoms with van der Waals surface area (Å²) < 4.78 is 6.06. The lowest BCUT2D eigenvalue weighted by Gasteiger charge is -2.57. The van der Waals surface area contributed by atoms with E-state index in [2.05, 4.69) is 11.4 Å². The first kappa shape index (κ1) is 16.2. The molecular formula is C21H23Cl2NO. The van der Waals surface area contributed by atoms with E-state index in [-0.39, 0.29) is 0 Å². The highest BCUT2D eigenvalue weighted by molar-refractivity contribution is 6.36. The first-order valence-corrected chi connectivity index (χ1v) is 10.1. The maximum atomic E-state index is 6.30. The molecule has 2 nitrogen and oxygen atoms in total. The summed E-state index contributed by atoms with van der Waals surface area (Å²) in [6.45, 7) is 0.803. The van der Waals surface area contributed by atoms with Crippen LogP contribution in [0.5, 0.6) is 0 Å². The van der Waals surface area contributed by atoms with Crippen LogP contribution < -0.4 is 5.32 Å². The number of furan rings is 1. The van der Waals surface area contributed by atoms with Crippen LogP contribution in [0.1, 0.15) is 44.3 Å². The van der Waals surface area contributed by atoms with Crippen LogP contribution in [-0.4, -0.2) is 5.54 Å². The molecule has 1 N–H and O–H groups in total. The van der Waals surface area contributed by atoms with Crippen LogP contribution in [0.15, 0.2) is 34.7 Å². The lowest BCUT2D eigenvalue weighted by atomic mass is 9.53. The average molecular weight is 376 g/mol. The summed E-state index contributed by atoms with van der Waals surface area (Å²) in [5, 5.41) is 5.15. The predicted molar refractivity (Wildman–Crippen MR) is 102 cm³/mol. The zero-order chi connectivity index (χ0) is 17.0. The third-order valence-electron chi connectivity index (χ3n) is 6.53. The molecule has 4 fully saturated rings. The highest BCUT2D eigenvalue weighted by atomic mass is 35.5. The van der Waals surface area contributed by atoms with E-state index in [0.29, 0.717) is 15.6 Å². The van der Waals surface area contributed by atoms with Crippen molar-refractivity contribution < 1.29 is 4.42 Å². The van der Waals surface area contributed by atoms with Gasteiger partial charge >= 0.3 is 0 Å². The molecule has 0 unspecified atom stereocenters. The average Bonchev–Trinajstić information content (AvgIpc) is 3.00. The van der Waals surface area contributed by atoms with Gasteiger partial charge in [0.25, 0.3) is 0 Å². The molecule has 0 saturated heterocycles. The van der Waals surface area contributed by atoms with Crippen molar-refractivity contribution in [2.45, 2.75) is 50.6 Å². The minimum atomic E-state index is 0.361. The molecule has 4 aliphatic carbocycles. The lowest BCUT2D eigenvalue weighted by Crippen LogP contribution is -2.58. The standard InChI is InChI=1S/C21H23Cl2NO/c22-16-1-3-18(19(23)8-16)20-4-2-17(25-20)12-24-21-9-13-5-14(10-21)7-15(6-13)11-21/h1-4,8,13-15,24H,5-7,9-12H2. The van der Waals surface area contributed by atoms with E-state index in [0.717, 1.165) is 41.4 Å². The van der Waals surface area contributed by atoms with E-state index in [9.17, 15) is 0 Å². The molecule has 0 amide bonds. The molecule has 6 rings (SSSR count). The summed E-state index contributed by atoms with van der Waals surface area (Å²) in [5.74, 6) is 4.66. The Labute approximate surface area is 158 Å². The van der Waals surface area contributed by atoms with Crippen molar-refractivity contribution in [3.63, 3.8) is 0 Å². The number of halogens is 2. The topological polar surface area (TPSA) is 25.2 Å². The quantitative estimate of drug-likeness (QED) is 0.676. The van der Waals surface area contributed by atoms with E-state index < -0.39 is 0 Å². The van der Waals surface area contributed by atoms with E-state index in [4.69, 9.17) is 27.6 Å². The summed E-state index contributed by atoms with van der Waals surface area (Å²) >= 11 is 12.3. The third-order valence-corrected chi connectivity index (χ3v) is 7.08. The van der Waals surface area contributed by atoms with Gasteiger partial charge in [0, 0.05) is 16.1 Å². The number of hydrogen-bond acceptors (Lipinski definition) is 2. The largest absolute Gasteiger partial charge is 0.460 e. The molecule has 0 aliphatic heterocycles. The van der Waals surface area contributed by atoms with Gasteiger partial charge in [-0.2, -0.15) is 0 Å². The van der Waals surface area contributed by atoms with Crippen LogP contribution in [0.4, 0.5) is 0 Å².